The molecule has 1 saturated carbocycles. The molecule has 1 unspecified atom stereocenters. The lowest BCUT2D eigenvalue weighted by Crippen LogP contribution is -2.47. The number of nitrogens with one attached hydrogen (secondary N) is 3. The molecule has 0 aromatic heterocycles. The van der Waals surface area contributed by atoms with Crippen LogP contribution in [0.2, 0.25) is 5.02 Å². The number of allylic oxidation sites excluding steroid dienone is 1. The van der Waals surface area contributed by atoms with E-state index >= 15 is 0 Å². The summed E-state index contributed by atoms with van der Waals surface area (Å²) in [4.78, 5) is 42.6. The third kappa shape index (κ3) is 7.23. The monoisotopic (exact) mass is 644 g/mol. The second kappa shape index (κ2) is 12.8. The smallest absolute Gasteiger partial charge is 0.404 e. The quantitative estimate of drug-likeness (QED) is 0.151. The SMILES string of the molecule is NC=C(C#CC1CN(c2ccc(NC3CCC(=O)NC3=O)cc2F)C1)C=NC1(C(=O)Nc2ccc(C(F)(F)F)cc2Cl)CCC1. The fourth-order valence-electron chi connectivity index (χ4n) is 5.11. The molecule has 1 atom stereocenters. The van der Waals surface area contributed by atoms with E-state index in [1.165, 1.54) is 18.5 Å². The van der Waals surface area contributed by atoms with E-state index in [0.29, 0.717) is 49.3 Å². The number of benzene rings is 2. The van der Waals surface area contributed by atoms with Gasteiger partial charge in [-0.2, -0.15) is 13.2 Å². The molecule has 2 aromatic rings. The molecule has 0 spiro atoms. The van der Waals surface area contributed by atoms with Crippen LogP contribution in [0.4, 0.5) is 34.6 Å². The fraction of sp³-hybridized carbons (Fsp3) is 0.355. The number of hydrogen-bond acceptors (Lipinski definition) is 7. The van der Waals surface area contributed by atoms with Gasteiger partial charge >= 0.3 is 6.18 Å². The number of carbonyl (C=O) groups excluding carboxylic acids is 3. The largest absolute Gasteiger partial charge is 0.416 e. The van der Waals surface area contributed by atoms with E-state index in [2.05, 4.69) is 32.8 Å². The second-order valence-electron chi connectivity index (χ2n) is 11.1. The van der Waals surface area contributed by atoms with E-state index in [1.807, 2.05) is 4.90 Å². The van der Waals surface area contributed by atoms with E-state index in [0.717, 1.165) is 24.6 Å². The second-order valence-corrected chi connectivity index (χ2v) is 11.5. The van der Waals surface area contributed by atoms with Crippen molar-refractivity contribution in [2.24, 2.45) is 16.6 Å². The highest BCUT2D eigenvalue weighted by Gasteiger charge is 2.44. The number of carbonyl (C=O) groups is 3. The van der Waals surface area contributed by atoms with Crippen LogP contribution < -0.4 is 26.6 Å². The van der Waals surface area contributed by atoms with Gasteiger partial charge in [0.2, 0.25) is 11.8 Å². The summed E-state index contributed by atoms with van der Waals surface area (Å²) in [6.07, 6.45) is 0.258. The van der Waals surface area contributed by atoms with Crippen molar-refractivity contribution >= 4 is 52.6 Å². The lowest BCUT2D eigenvalue weighted by molar-refractivity contribution is -0.137. The van der Waals surface area contributed by atoms with E-state index < -0.39 is 41.0 Å². The molecule has 0 radical (unpaired) electrons. The van der Waals surface area contributed by atoms with Crippen LogP contribution in [0.3, 0.4) is 0 Å². The third-order valence-electron chi connectivity index (χ3n) is 7.95. The number of aliphatic imine (C=N–C) groups is 1. The maximum Gasteiger partial charge on any atom is 0.416 e. The number of nitrogens with two attached hydrogens (primary N) is 1. The molecule has 2 saturated heterocycles. The molecule has 14 heteroatoms. The van der Waals surface area contributed by atoms with Gasteiger partial charge in [-0.15, -0.1) is 0 Å². The summed E-state index contributed by atoms with van der Waals surface area (Å²) in [5.74, 6) is 4.23. The average Bonchev–Trinajstić information content (AvgIpc) is 2.93. The number of halogens is 5. The molecule has 9 nitrogen and oxygen atoms in total. The van der Waals surface area contributed by atoms with Gasteiger partial charge in [0.15, 0.2) is 0 Å². The van der Waals surface area contributed by atoms with Crippen molar-refractivity contribution in [3.63, 3.8) is 0 Å². The van der Waals surface area contributed by atoms with Gasteiger partial charge in [0.05, 0.1) is 33.5 Å². The Morgan fingerprint density at radius 3 is 2.53 bits per heavy atom. The first-order valence-electron chi connectivity index (χ1n) is 14.2. The van der Waals surface area contributed by atoms with E-state index in [1.54, 1.807) is 12.1 Å². The number of piperidine rings is 1. The average molecular weight is 645 g/mol. The maximum absolute atomic E-state index is 14.9. The highest BCUT2D eigenvalue weighted by atomic mass is 35.5. The molecule has 3 amide bonds. The van der Waals surface area contributed by atoms with Crippen LogP contribution in [0.1, 0.15) is 37.7 Å². The topological polar surface area (TPSA) is 129 Å². The molecule has 2 aromatic carbocycles. The Morgan fingerprint density at radius 2 is 1.93 bits per heavy atom. The number of nitrogens with zero attached hydrogens (tertiary/aromatic N) is 2. The fourth-order valence-corrected chi connectivity index (χ4v) is 5.33. The Morgan fingerprint density at radius 1 is 1.18 bits per heavy atom. The Labute approximate surface area is 261 Å². The van der Waals surface area contributed by atoms with Crippen molar-refractivity contribution in [3.05, 3.63) is 64.6 Å². The normalized spacial score (nSPS) is 20.1. The van der Waals surface area contributed by atoms with Gasteiger partial charge in [-0.05, 0) is 62.1 Å². The first-order chi connectivity index (χ1) is 21.4. The van der Waals surface area contributed by atoms with E-state index in [4.69, 9.17) is 17.3 Å². The standard InChI is InChI=1S/C31H29ClF4N6O3/c32-22-12-20(31(34,35)36)4-6-24(22)40-29(45)30(10-1-11-30)38-15-18(14-37)2-3-19-16-42(17-19)26-8-5-21(13-23(26)33)39-25-7-9-27(43)41-28(25)44/h4-6,8,12-15,19,25,39H,1,7,9-11,16-17,37H2,(H,40,45)(H,41,43,44). The first-order valence-corrected chi connectivity index (χ1v) is 14.6. The lowest BCUT2D eigenvalue weighted by Gasteiger charge is -2.38. The minimum atomic E-state index is -4.56. The minimum absolute atomic E-state index is 0.0525. The van der Waals surface area contributed by atoms with Crippen molar-refractivity contribution < 1.29 is 31.9 Å². The summed E-state index contributed by atoms with van der Waals surface area (Å²) in [6, 6.07) is 6.69. The molecule has 5 rings (SSSR count). The number of hydrogen-bond donors (Lipinski definition) is 4. The highest BCUT2D eigenvalue weighted by Crippen LogP contribution is 2.39. The zero-order chi connectivity index (χ0) is 32.4. The Bertz CT molecular complexity index is 1640. The van der Waals surface area contributed by atoms with Gasteiger partial charge in [-0.1, -0.05) is 23.4 Å². The molecular formula is C31H29ClF4N6O3. The predicted molar refractivity (Wildman–Crippen MR) is 162 cm³/mol. The van der Waals surface area contributed by atoms with Crippen LogP contribution in [0.5, 0.6) is 0 Å². The molecular weight excluding hydrogens is 616 g/mol. The predicted octanol–water partition coefficient (Wildman–Crippen LogP) is 4.63. The zero-order valence-electron chi connectivity index (χ0n) is 23.8. The van der Waals surface area contributed by atoms with Gasteiger partial charge in [0.25, 0.3) is 5.91 Å². The van der Waals surface area contributed by atoms with Gasteiger partial charge in [-0.3, -0.25) is 24.7 Å². The van der Waals surface area contributed by atoms with Gasteiger partial charge in [0.1, 0.15) is 17.4 Å². The van der Waals surface area contributed by atoms with Crippen molar-refractivity contribution in [2.45, 2.75) is 49.9 Å². The van der Waals surface area contributed by atoms with Crippen LogP contribution in [-0.2, 0) is 20.6 Å². The first kappa shape index (κ1) is 31.8. The number of anilines is 3. The molecule has 45 heavy (non-hydrogen) atoms. The van der Waals surface area contributed by atoms with Crippen molar-refractivity contribution in [2.75, 3.05) is 28.6 Å². The summed E-state index contributed by atoms with van der Waals surface area (Å²) < 4.78 is 53.7. The van der Waals surface area contributed by atoms with Gasteiger partial charge in [0, 0.05) is 37.6 Å². The van der Waals surface area contributed by atoms with Crippen molar-refractivity contribution in [1.29, 1.82) is 0 Å². The van der Waals surface area contributed by atoms with E-state index in [9.17, 15) is 31.9 Å². The maximum atomic E-state index is 14.9. The Kier molecular flexibility index (Phi) is 9.06. The number of rotatable bonds is 7. The summed E-state index contributed by atoms with van der Waals surface area (Å²) in [5.41, 5.74) is 4.94. The van der Waals surface area contributed by atoms with Crippen LogP contribution in [-0.4, -0.2) is 48.6 Å². The van der Waals surface area contributed by atoms with Crippen LogP contribution >= 0.6 is 11.6 Å². The van der Waals surface area contributed by atoms with Crippen molar-refractivity contribution in [3.8, 4) is 11.8 Å². The lowest BCUT2D eigenvalue weighted by atomic mass is 9.76. The highest BCUT2D eigenvalue weighted by molar-refractivity contribution is 6.33. The van der Waals surface area contributed by atoms with Crippen LogP contribution in [0, 0.1) is 23.6 Å². The zero-order valence-corrected chi connectivity index (χ0v) is 24.6. The summed E-state index contributed by atoms with van der Waals surface area (Å²) in [7, 11) is 0. The molecule has 3 aliphatic rings. The number of alkyl halides is 3. The molecule has 2 aliphatic heterocycles. The Hall–Kier alpha value is -4.57. The summed E-state index contributed by atoms with van der Waals surface area (Å²) >= 11 is 5.99. The molecule has 5 N–H and O–H groups in total. The molecule has 0 bridgehead atoms. The van der Waals surface area contributed by atoms with E-state index in [-0.39, 0.29) is 29.0 Å². The molecule has 2 heterocycles. The van der Waals surface area contributed by atoms with Crippen LogP contribution in [0.15, 0.2) is 53.2 Å². The summed E-state index contributed by atoms with van der Waals surface area (Å²) in [6.45, 7) is 0.943. The summed E-state index contributed by atoms with van der Waals surface area (Å²) in [5, 5.41) is 7.56. The Balaban J connectivity index is 1.15. The molecule has 3 fully saturated rings. The number of amides is 3. The molecule has 1 aliphatic carbocycles. The minimum Gasteiger partial charge on any atom is -0.404 e. The molecule has 236 valence electrons. The van der Waals surface area contributed by atoms with Gasteiger partial charge in [-0.25, -0.2) is 4.39 Å². The van der Waals surface area contributed by atoms with Gasteiger partial charge < -0.3 is 21.3 Å². The van der Waals surface area contributed by atoms with Crippen molar-refractivity contribution in [1.82, 2.24) is 5.32 Å². The third-order valence-corrected chi connectivity index (χ3v) is 8.26. The number of imide groups is 1. The van der Waals surface area contributed by atoms with Crippen LogP contribution in [0.25, 0.3) is 0 Å².